The zero-order valence-corrected chi connectivity index (χ0v) is 14.4. The van der Waals surface area contributed by atoms with Crippen molar-refractivity contribution < 1.29 is 9.90 Å². The number of pyridine rings is 1. The van der Waals surface area contributed by atoms with Gasteiger partial charge in [0.15, 0.2) is 5.65 Å². The lowest BCUT2D eigenvalue weighted by Crippen LogP contribution is -2.37. The van der Waals surface area contributed by atoms with Crippen molar-refractivity contribution >= 4 is 22.8 Å². The van der Waals surface area contributed by atoms with Crippen molar-refractivity contribution in [2.24, 2.45) is 0 Å². The van der Waals surface area contributed by atoms with E-state index in [1.165, 1.54) is 25.7 Å². The number of hydrogen-bond donors (Lipinski definition) is 2. The minimum Gasteiger partial charge on any atom is -0.394 e. The third-order valence-electron chi connectivity index (χ3n) is 5.40. The van der Waals surface area contributed by atoms with Crippen molar-refractivity contribution in [1.29, 1.82) is 0 Å². The Balaban J connectivity index is 1.60. The fraction of sp³-hybridized carbons (Fsp3) is 0.611. The summed E-state index contributed by atoms with van der Waals surface area (Å²) in [4.78, 5) is 21.6. The number of H-pyrrole nitrogens is 1. The van der Waals surface area contributed by atoms with Crippen LogP contribution in [0, 0.1) is 0 Å². The molecule has 2 fully saturated rings. The van der Waals surface area contributed by atoms with E-state index in [0.717, 1.165) is 37.1 Å². The summed E-state index contributed by atoms with van der Waals surface area (Å²) in [6.45, 7) is 2.75. The largest absolute Gasteiger partial charge is 0.394 e. The maximum atomic E-state index is 12.8. The second kappa shape index (κ2) is 7.00. The van der Waals surface area contributed by atoms with Gasteiger partial charge >= 0.3 is 0 Å². The van der Waals surface area contributed by atoms with Gasteiger partial charge < -0.3 is 14.9 Å². The number of aliphatic hydroxyl groups excluding tert-OH is 1. The third-order valence-corrected chi connectivity index (χ3v) is 5.40. The quantitative estimate of drug-likeness (QED) is 0.889. The van der Waals surface area contributed by atoms with Gasteiger partial charge in [0.1, 0.15) is 11.5 Å². The molecule has 0 aromatic carbocycles. The Morgan fingerprint density at radius 3 is 2.72 bits per heavy atom. The topological polar surface area (TPSA) is 85.4 Å². The van der Waals surface area contributed by atoms with Crippen LogP contribution in [0.3, 0.4) is 0 Å². The van der Waals surface area contributed by atoms with E-state index in [2.05, 4.69) is 20.1 Å². The number of likely N-dealkylation sites (tertiary alicyclic amines) is 1. The van der Waals surface area contributed by atoms with Gasteiger partial charge in [0, 0.05) is 19.6 Å². The van der Waals surface area contributed by atoms with Crippen molar-refractivity contribution in [3.8, 4) is 0 Å². The fourth-order valence-corrected chi connectivity index (χ4v) is 3.96. The minimum absolute atomic E-state index is 0.00910. The first-order valence-electron chi connectivity index (χ1n) is 9.30. The van der Waals surface area contributed by atoms with Gasteiger partial charge in [-0.25, -0.2) is 4.98 Å². The number of aliphatic hydroxyl groups is 1. The zero-order valence-electron chi connectivity index (χ0n) is 14.4. The predicted molar refractivity (Wildman–Crippen MR) is 95.7 cm³/mol. The summed E-state index contributed by atoms with van der Waals surface area (Å²) in [6.07, 6.45) is 6.73. The van der Waals surface area contributed by atoms with Crippen molar-refractivity contribution in [3.05, 3.63) is 17.8 Å². The summed E-state index contributed by atoms with van der Waals surface area (Å²) >= 11 is 0. The van der Waals surface area contributed by atoms with E-state index in [0.29, 0.717) is 17.9 Å². The number of aromatic nitrogens is 3. The average molecular weight is 343 g/mol. The molecule has 7 nitrogen and oxygen atoms in total. The molecule has 2 N–H and O–H groups in total. The van der Waals surface area contributed by atoms with Gasteiger partial charge in [-0.15, -0.1) is 0 Å². The third kappa shape index (κ3) is 3.08. The highest BCUT2D eigenvalue weighted by Gasteiger charge is 2.30. The van der Waals surface area contributed by atoms with Crippen LogP contribution in [0.4, 0.5) is 5.82 Å². The number of nitrogens with zero attached hydrogens (tertiary/aromatic N) is 4. The SMILES string of the molecule is O=C(c1[nH]nc2nc(N3CCCCCC3)ccc12)N1CCC[C@H]1CO. The molecule has 1 atom stereocenters. The Morgan fingerprint density at radius 2 is 1.96 bits per heavy atom. The number of carbonyl (C=O) groups excluding carboxylic acids is 1. The van der Waals surface area contributed by atoms with E-state index in [9.17, 15) is 9.90 Å². The van der Waals surface area contributed by atoms with Gasteiger partial charge in [-0.3, -0.25) is 9.89 Å². The molecular formula is C18H25N5O2. The van der Waals surface area contributed by atoms with E-state index in [-0.39, 0.29) is 18.6 Å². The molecule has 0 saturated carbocycles. The summed E-state index contributed by atoms with van der Waals surface area (Å²) in [5.41, 5.74) is 1.06. The minimum atomic E-state index is -0.0941. The molecule has 134 valence electrons. The molecule has 4 rings (SSSR count). The molecule has 2 saturated heterocycles. The number of fused-ring (bicyclic) bond motifs is 1. The van der Waals surface area contributed by atoms with Gasteiger partial charge in [-0.1, -0.05) is 12.8 Å². The maximum absolute atomic E-state index is 12.8. The lowest BCUT2D eigenvalue weighted by molar-refractivity contribution is 0.0673. The van der Waals surface area contributed by atoms with Crippen LogP contribution >= 0.6 is 0 Å². The number of amides is 1. The Hall–Kier alpha value is -2.15. The van der Waals surface area contributed by atoms with Crippen LogP contribution in [0.15, 0.2) is 12.1 Å². The number of carbonyl (C=O) groups is 1. The Bertz CT molecular complexity index is 751. The van der Waals surface area contributed by atoms with Gasteiger partial charge in [0.2, 0.25) is 0 Å². The number of rotatable bonds is 3. The molecule has 0 aliphatic carbocycles. The van der Waals surface area contributed by atoms with E-state index < -0.39 is 0 Å². The molecule has 2 aromatic rings. The second-order valence-corrected chi connectivity index (χ2v) is 7.02. The Kier molecular flexibility index (Phi) is 4.57. The first-order chi connectivity index (χ1) is 12.3. The molecule has 0 bridgehead atoms. The first-order valence-corrected chi connectivity index (χ1v) is 9.30. The van der Waals surface area contributed by atoms with Crippen LogP contribution in [-0.2, 0) is 0 Å². The normalized spacial score (nSPS) is 21.7. The lowest BCUT2D eigenvalue weighted by atomic mass is 10.2. The monoisotopic (exact) mass is 343 g/mol. The van der Waals surface area contributed by atoms with Gasteiger partial charge in [0.25, 0.3) is 5.91 Å². The molecule has 7 heteroatoms. The van der Waals surface area contributed by atoms with Crippen LogP contribution in [0.25, 0.3) is 11.0 Å². The molecule has 1 amide bonds. The molecule has 25 heavy (non-hydrogen) atoms. The van der Waals surface area contributed by atoms with E-state index in [1.54, 1.807) is 4.90 Å². The summed E-state index contributed by atoms with van der Waals surface area (Å²) < 4.78 is 0. The molecular weight excluding hydrogens is 318 g/mol. The Morgan fingerprint density at radius 1 is 1.16 bits per heavy atom. The Labute approximate surface area is 147 Å². The van der Waals surface area contributed by atoms with Crippen LogP contribution < -0.4 is 4.90 Å². The van der Waals surface area contributed by atoms with Gasteiger partial charge in [-0.2, -0.15) is 5.10 Å². The molecule has 0 spiro atoms. The average Bonchev–Trinajstić information content (AvgIpc) is 3.20. The fourth-order valence-electron chi connectivity index (χ4n) is 3.96. The number of hydrogen-bond acceptors (Lipinski definition) is 5. The van der Waals surface area contributed by atoms with Crippen LogP contribution in [0.1, 0.15) is 49.0 Å². The highest BCUT2D eigenvalue weighted by atomic mass is 16.3. The van der Waals surface area contributed by atoms with Crippen molar-refractivity contribution in [2.45, 2.75) is 44.6 Å². The molecule has 0 radical (unpaired) electrons. The number of anilines is 1. The van der Waals surface area contributed by atoms with Gasteiger partial charge in [-0.05, 0) is 37.8 Å². The zero-order chi connectivity index (χ0) is 17.2. The number of nitrogens with one attached hydrogen (secondary N) is 1. The molecule has 2 aliphatic heterocycles. The van der Waals surface area contributed by atoms with E-state index >= 15 is 0 Å². The smallest absolute Gasteiger partial charge is 0.272 e. The second-order valence-electron chi connectivity index (χ2n) is 7.02. The molecule has 2 aromatic heterocycles. The summed E-state index contributed by atoms with van der Waals surface area (Å²) in [5, 5.41) is 17.4. The van der Waals surface area contributed by atoms with E-state index in [4.69, 9.17) is 0 Å². The highest BCUT2D eigenvalue weighted by molar-refractivity contribution is 6.04. The molecule has 4 heterocycles. The standard InChI is InChI=1S/C18H25N5O2/c24-12-13-6-5-11-23(13)18(25)16-14-7-8-15(19-17(14)21-20-16)22-9-3-1-2-4-10-22/h7-8,13,24H,1-6,9-12H2,(H,19,20,21)/t13-/m0/s1. The summed E-state index contributed by atoms with van der Waals surface area (Å²) in [5.74, 6) is 0.845. The molecule has 0 unspecified atom stereocenters. The predicted octanol–water partition coefficient (Wildman–Crippen LogP) is 1.94. The lowest BCUT2D eigenvalue weighted by Gasteiger charge is -2.22. The van der Waals surface area contributed by atoms with Gasteiger partial charge in [0.05, 0.1) is 18.0 Å². The highest BCUT2D eigenvalue weighted by Crippen LogP contribution is 2.25. The van der Waals surface area contributed by atoms with Crippen LogP contribution in [-0.4, -0.2) is 63.4 Å². The van der Waals surface area contributed by atoms with Crippen molar-refractivity contribution in [3.63, 3.8) is 0 Å². The van der Waals surface area contributed by atoms with Crippen molar-refractivity contribution in [2.75, 3.05) is 31.1 Å². The van der Waals surface area contributed by atoms with E-state index in [1.807, 2.05) is 12.1 Å². The molecule has 2 aliphatic rings. The summed E-state index contributed by atoms with van der Waals surface area (Å²) in [6, 6.07) is 3.85. The van der Waals surface area contributed by atoms with Crippen molar-refractivity contribution in [1.82, 2.24) is 20.1 Å². The first kappa shape index (κ1) is 16.3. The maximum Gasteiger partial charge on any atom is 0.272 e. The number of aromatic amines is 1. The van der Waals surface area contributed by atoms with Crippen LogP contribution in [0.5, 0.6) is 0 Å². The summed E-state index contributed by atoms with van der Waals surface area (Å²) in [7, 11) is 0. The van der Waals surface area contributed by atoms with Crippen LogP contribution in [0.2, 0.25) is 0 Å².